The molecule has 2 aromatic carbocycles. The summed E-state index contributed by atoms with van der Waals surface area (Å²) in [6, 6.07) is 10.4. The summed E-state index contributed by atoms with van der Waals surface area (Å²) in [4.78, 5) is 8.56. The van der Waals surface area contributed by atoms with Crippen molar-refractivity contribution in [2.75, 3.05) is 6.54 Å². The van der Waals surface area contributed by atoms with Gasteiger partial charge in [0.2, 0.25) is 11.7 Å². The topological polar surface area (TPSA) is 75.3 Å². The molecule has 0 saturated heterocycles. The van der Waals surface area contributed by atoms with Gasteiger partial charge in [-0.3, -0.25) is 0 Å². The van der Waals surface area contributed by atoms with Crippen LogP contribution < -0.4 is 10.6 Å². The minimum absolute atomic E-state index is 0. The number of hydrogen-bond acceptors (Lipinski definition) is 4. The summed E-state index contributed by atoms with van der Waals surface area (Å²) in [5.41, 5.74) is 0.905. The lowest BCUT2D eigenvalue weighted by molar-refractivity contribution is 0.375. The van der Waals surface area contributed by atoms with E-state index < -0.39 is 11.6 Å². The molecule has 154 valence electrons. The number of hydrogen-bond donors (Lipinski definition) is 2. The maximum Gasteiger partial charge on any atom is 0.246 e. The van der Waals surface area contributed by atoms with Crippen LogP contribution in [-0.4, -0.2) is 22.6 Å². The fourth-order valence-electron chi connectivity index (χ4n) is 2.40. The number of rotatable bonds is 6. The minimum atomic E-state index is -0.510. The SMILES string of the molecule is CCNC(=NCc1cc(F)ccc1F)NCc1nc(-c2cccc(Cl)c2)no1.I. The lowest BCUT2D eigenvalue weighted by atomic mass is 10.2. The van der Waals surface area contributed by atoms with Crippen molar-refractivity contribution in [2.24, 2.45) is 4.99 Å². The van der Waals surface area contributed by atoms with E-state index in [0.29, 0.717) is 29.2 Å². The number of nitrogens with zero attached hydrogens (tertiary/aromatic N) is 3. The molecule has 0 fully saturated rings. The largest absolute Gasteiger partial charge is 0.357 e. The Morgan fingerprint density at radius 2 is 2.00 bits per heavy atom. The smallest absolute Gasteiger partial charge is 0.246 e. The number of aromatic nitrogens is 2. The molecule has 0 aliphatic carbocycles. The van der Waals surface area contributed by atoms with Crippen molar-refractivity contribution >= 4 is 41.5 Å². The van der Waals surface area contributed by atoms with Gasteiger partial charge < -0.3 is 15.2 Å². The van der Waals surface area contributed by atoms with Crippen LogP contribution in [0.2, 0.25) is 5.02 Å². The molecule has 0 spiro atoms. The Morgan fingerprint density at radius 3 is 2.76 bits per heavy atom. The van der Waals surface area contributed by atoms with Gasteiger partial charge in [-0.2, -0.15) is 4.98 Å². The van der Waals surface area contributed by atoms with Crippen LogP contribution in [0.4, 0.5) is 8.78 Å². The first kappa shape index (κ1) is 23.0. The Morgan fingerprint density at radius 1 is 1.17 bits per heavy atom. The first-order chi connectivity index (χ1) is 13.5. The predicted molar refractivity (Wildman–Crippen MR) is 118 cm³/mol. The van der Waals surface area contributed by atoms with E-state index in [4.69, 9.17) is 16.1 Å². The van der Waals surface area contributed by atoms with Crippen LogP contribution in [0, 0.1) is 11.6 Å². The number of nitrogens with one attached hydrogen (secondary N) is 2. The van der Waals surface area contributed by atoms with E-state index in [1.165, 1.54) is 0 Å². The summed E-state index contributed by atoms with van der Waals surface area (Å²) in [6.45, 7) is 2.68. The molecule has 0 bridgehead atoms. The number of halogens is 4. The maximum atomic E-state index is 13.7. The van der Waals surface area contributed by atoms with Gasteiger partial charge in [-0.25, -0.2) is 13.8 Å². The molecule has 10 heteroatoms. The fraction of sp³-hybridized carbons (Fsp3) is 0.211. The van der Waals surface area contributed by atoms with Gasteiger partial charge in [0.05, 0.1) is 13.1 Å². The number of benzene rings is 2. The molecular formula is C19H19ClF2IN5O. The van der Waals surface area contributed by atoms with Crippen LogP contribution in [0.1, 0.15) is 18.4 Å². The summed E-state index contributed by atoms with van der Waals surface area (Å²) in [7, 11) is 0. The monoisotopic (exact) mass is 533 g/mol. The molecule has 0 unspecified atom stereocenters. The van der Waals surface area contributed by atoms with E-state index in [0.717, 1.165) is 23.8 Å². The van der Waals surface area contributed by atoms with E-state index in [1.807, 2.05) is 13.0 Å². The Labute approximate surface area is 188 Å². The van der Waals surface area contributed by atoms with Crippen LogP contribution >= 0.6 is 35.6 Å². The molecule has 0 amide bonds. The van der Waals surface area contributed by atoms with Crippen molar-refractivity contribution in [3.8, 4) is 11.4 Å². The number of aliphatic imine (C=N–C) groups is 1. The van der Waals surface area contributed by atoms with Gasteiger partial charge in [-0.1, -0.05) is 28.9 Å². The lowest BCUT2D eigenvalue weighted by Gasteiger charge is -2.09. The van der Waals surface area contributed by atoms with Gasteiger partial charge in [-0.05, 0) is 37.3 Å². The molecule has 29 heavy (non-hydrogen) atoms. The molecule has 1 heterocycles. The molecule has 3 aromatic rings. The average Bonchev–Trinajstić information content (AvgIpc) is 3.15. The molecule has 0 atom stereocenters. The summed E-state index contributed by atoms with van der Waals surface area (Å²) in [5, 5.41) is 10.5. The second-order valence-corrected chi connectivity index (χ2v) is 6.24. The van der Waals surface area contributed by atoms with Gasteiger partial charge in [-0.15, -0.1) is 24.0 Å². The molecular weight excluding hydrogens is 515 g/mol. The Balaban J connectivity index is 0.00000300. The highest BCUT2D eigenvalue weighted by Gasteiger charge is 2.10. The first-order valence-electron chi connectivity index (χ1n) is 8.60. The van der Waals surface area contributed by atoms with E-state index in [1.54, 1.807) is 18.2 Å². The molecule has 0 aliphatic rings. The average molecular weight is 534 g/mol. The Bertz CT molecular complexity index is 983. The summed E-state index contributed by atoms with van der Waals surface area (Å²) in [5.74, 6) is 0.155. The lowest BCUT2D eigenvalue weighted by Crippen LogP contribution is -2.36. The molecule has 1 aromatic heterocycles. The van der Waals surface area contributed by atoms with Crippen molar-refractivity contribution in [1.82, 2.24) is 20.8 Å². The van der Waals surface area contributed by atoms with Crippen molar-refractivity contribution in [3.63, 3.8) is 0 Å². The molecule has 0 aliphatic heterocycles. The van der Waals surface area contributed by atoms with Gasteiger partial charge in [0.1, 0.15) is 11.6 Å². The van der Waals surface area contributed by atoms with Crippen LogP contribution in [-0.2, 0) is 13.1 Å². The number of guanidine groups is 1. The van der Waals surface area contributed by atoms with Gasteiger partial charge in [0, 0.05) is 22.7 Å². The molecule has 0 radical (unpaired) electrons. The highest BCUT2D eigenvalue weighted by Crippen LogP contribution is 2.19. The second-order valence-electron chi connectivity index (χ2n) is 5.81. The minimum Gasteiger partial charge on any atom is -0.357 e. The van der Waals surface area contributed by atoms with E-state index >= 15 is 0 Å². The normalized spacial score (nSPS) is 11.1. The molecule has 6 nitrogen and oxygen atoms in total. The zero-order valence-electron chi connectivity index (χ0n) is 15.5. The standard InChI is InChI=1S/C19H18ClF2N5O.HI/c1-2-23-19(24-10-13-9-15(21)6-7-16(13)22)25-11-17-26-18(27-28-17)12-4-3-5-14(20)8-12;/h3-9H,2,10-11H2,1H3,(H2,23,24,25);1H. The van der Waals surface area contributed by atoms with Crippen molar-refractivity contribution in [2.45, 2.75) is 20.0 Å². The first-order valence-corrected chi connectivity index (χ1v) is 8.97. The summed E-state index contributed by atoms with van der Waals surface area (Å²) < 4.78 is 32.2. The van der Waals surface area contributed by atoms with Gasteiger partial charge in [0.25, 0.3) is 0 Å². The summed E-state index contributed by atoms with van der Waals surface area (Å²) >= 11 is 5.97. The zero-order valence-corrected chi connectivity index (χ0v) is 18.5. The predicted octanol–water partition coefficient (Wildman–Crippen LogP) is 4.54. The third kappa shape index (κ3) is 6.64. The van der Waals surface area contributed by atoms with Crippen molar-refractivity contribution < 1.29 is 13.3 Å². The second kappa shape index (κ2) is 11.1. The molecule has 3 rings (SSSR count). The third-order valence-electron chi connectivity index (χ3n) is 3.72. The highest BCUT2D eigenvalue weighted by molar-refractivity contribution is 14.0. The van der Waals surface area contributed by atoms with Gasteiger partial charge in [0.15, 0.2) is 5.96 Å². The van der Waals surface area contributed by atoms with Crippen LogP contribution in [0.15, 0.2) is 52.0 Å². The fourth-order valence-corrected chi connectivity index (χ4v) is 2.59. The van der Waals surface area contributed by atoms with E-state index in [2.05, 4.69) is 25.8 Å². The van der Waals surface area contributed by atoms with Crippen molar-refractivity contribution in [1.29, 1.82) is 0 Å². The van der Waals surface area contributed by atoms with E-state index in [9.17, 15) is 8.78 Å². The van der Waals surface area contributed by atoms with Crippen LogP contribution in [0.25, 0.3) is 11.4 Å². The van der Waals surface area contributed by atoms with Gasteiger partial charge >= 0.3 is 0 Å². The van der Waals surface area contributed by atoms with E-state index in [-0.39, 0.29) is 42.6 Å². The maximum absolute atomic E-state index is 13.7. The molecule has 0 saturated carbocycles. The highest BCUT2D eigenvalue weighted by atomic mass is 127. The molecule has 2 N–H and O–H groups in total. The third-order valence-corrected chi connectivity index (χ3v) is 3.95. The van der Waals surface area contributed by atoms with Crippen molar-refractivity contribution in [3.05, 3.63) is 70.6 Å². The summed E-state index contributed by atoms with van der Waals surface area (Å²) in [6.07, 6.45) is 0. The quantitative estimate of drug-likeness (QED) is 0.276. The zero-order chi connectivity index (χ0) is 19.9. The van der Waals surface area contributed by atoms with Crippen LogP contribution in [0.5, 0.6) is 0 Å². The Hall–Kier alpha value is -2.27. The Kier molecular flexibility index (Phi) is 8.77. The van der Waals surface area contributed by atoms with Crippen LogP contribution in [0.3, 0.4) is 0 Å².